The lowest BCUT2D eigenvalue weighted by Gasteiger charge is -2.05. The van der Waals surface area contributed by atoms with Crippen molar-refractivity contribution in [3.05, 3.63) is 95.6 Å². The summed E-state index contributed by atoms with van der Waals surface area (Å²) in [6.07, 6.45) is 7.53. The fraction of sp³-hybridized carbons (Fsp3) is 0.417. The van der Waals surface area contributed by atoms with Crippen LogP contribution in [0.1, 0.15) is 95.6 Å². The number of hydrogen-bond acceptors (Lipinski definition) is 4. The first-order valence-corrected chi connectivity index (χ1v) is 14.7. The highest BCUT2D eigenvalue weighted by molar-refractivity contribution is 5.99. The fourth-order valence-electron chi connectivity index (χ4n) is 3.43. The highest BCUT2D eigenvalue weighted by atomic mass is 16.2. The van der Waals surface area contributed by atoms with Crippen molar-refractivity contribution in [1.82, 2.24) is 0 Å². The number of Topliss-reactive ketones (excluding diaryl/α,β-unsaturated/α-hetero) is 2. The summed E-state index contributed by atoms with van der Waals surface area (Å²) >= 11 is 0. The number of primary amides is 1. The van der Waals surface area contributed by atoms with Gasteiger partial charge in [0, 0.05) is 12.7 Å². The molecule has 5 nitrogen and oxygen atoms in total. The molecule has 0 aliphatic carbocycles. The van der Waals surface area contributed by atoms with Gasteiger partial charge in [0.15, 0.2) is 5.78 Å². The van der Waals surface area contributed by atoms with Gasteiger partial charge < -0.3 is 10.8 Å². The molecule has 0 aromatic heterocycles. The highest BCUT2D eigenvalue weighted by Crippen LogP contribution is 2.21. The van der Waals surface area contributed by atoms with E-state index < -0.39 is 11.8 Å². The second-order valence-corrected chi connectivity index (χ2v) is 9.21. The Morgan fingerprint density at radius 2 is 1.20 bits per heavy atom. The lowest BCUT2D eigenvalue weighted by Crippen LogP contribution is -2.25. The van der Waals surface area contributed by atoms with E-state index in [4.69, 9.17) is 10.8 Å². The monoisotopic (exact) mass is 563 g/mol. The number of aliphatic hydroxyl groups is 1. The number of rotatable bonds is 10. The van der Waals surface area contributed by atoms with Gasteiger partial charge in [0.2, 0.25) is 5.91 Å². The zero-order chi connectivity index (χ0) is 31.6. The Balaban J connectivity index is 0. The Hall–Kier alpha value is -3.57. The minimum atomic E-state index is -0.630. The van der Waals surface area contributed by atoms with Crippen molar-refractivity contribution in [2.24, 2.45) is 11.7 Å². The van der Waals surface area contributed by atoms with Crippen LogP contribution >= 0.6 is 0 Å². The fourth-order valence-corrected chi connectivity index (χ4v) is 3.43. The Morgan fingerprint density at radius 3 is 1.54 bits per heavy atom. The highest BCUT2D eigenvalue weighted by Gasteiger charge is 2.12. The van der Waals surface area contributed by atoms with E-state index >= 15 is 0 Å². The van der Waals surface area contributed by atoms with E-state index in [1.807, 2.05) is 44.2 Å². The molecular weight excluding hydrogens is 510 g/mol. The largest absolute Gasteiger partial charge is 0.400 e. The molecule has 41 heavy (non-hydrogen) atoms. The summed E-state index contributed by atoms with van der Waals surface area (Å²) < 4.78 is 0. The molecule has 0 aliphatic heterocycles. The van der Waals surface area contributed by atoms with Crippen LogP contribution in [0.2, 0.25) is 0 Å². The number of amides is 1. The van der Waals surface area contributed by atoms with Crippen molar-refractivity contribution < 1.29 is 19.5 Å². The first-order valence-electron chi connectivity index (χ1n) is 14.7. The first kappa shape index (κ1) is 39.6. The van der Waals surface area contributed by atoms with Crippen molar-refractivity contribution in [1.29, 1.82) is 0 Å². The van der Waals surface area contributed by atoms with Gasteiger partial charge in [0.25, 0.3) is 0 Å². The van der Waals surface area contributed by atoms with Gasteiger partial charge in [-0.2, -0.15) is 0 Å². The van der Waals surface area contributed by atoms with Gasteiger partial charge >= 0.3 is 0 Å². The van der Waals surface area contributed by atoms with E-state index in [9.17, 15) is 14.4 Å². The molecule has 5 heteroatoms. The lowest BCUT2D eigenvalue weighted by molar-refractivity contribution is -0.130. The molecular formula is C36H53NO4. The molecule has 0 fully saturated rings. The number of ketones is 2. The van der Waals surface area contributed by atoms with Crippen LogP contribution in [0.4, 0.5) is 0 Å². The Labute approximate surface area is 249 Å². The SMILES string of the molecule is CC.CC(=O)C(C)C(N)=O.CCCCCCc1ccc(-c2ccc(C(C)=O)cc2)cc1.CCc1ccccc1.CO. The van der Waals surface area contributed by atoms with Gasteiger partial charge in [-0.15, -0.1) is 0 Å². The molecule has 0 bridgehead atoms. The maximum Gasteiger partial charge on any atom is 0.227 e. The minimum absolute atomic E-state index is 0.115. The number of aliphatic hydroxyl groups excluding tert-OH is 1. The van der Waals surface area contributed by atoms with E-state index in [-0.39, 0.29) is 11.6 Å². The normalized spacial score (nSPS) is 9.98. The number of carbonyl (C=O) groups excluding carboxylic acids is 3. The first-order chi connectivity index (χ1) is 19.7. The van der Waals surface area contributed by atoms with Gasteiger partial charge in [-0.05, 0) is 62.3 Å². The van der Waals surface area contributed by atoms with Crippen molar-refractivity contribution in [3.63, 3.8) is 0 Å². The van der Waals surface area contributed by atoms with Crippen molar-refractivity contribution in [2.75, 3.05) is 7.11 Å². The van der Waals surface area contributed by atoms with Crippen LogP contribution < -0.4 is 5.73 Å². The van der Waals surface area contributed by atoms with Gasteiger partial charge in [0.05, 0.1) is 5.92 Å². The molecule has 0 saturated heterocycles. The summed E-state index contributed by atoms with van der Waals surface area (Å²) in [4.78, 5) is 31.7. The minimum Gasteiger partial charge on any atom is -0.400 e. The molecule has 3 rings (SSSR count). The molecule has 0 radical (unpaired) electrons. The number of unbranched alkanes of at least 4 members (excludes halogenated alkanes) is 3. The van der Waals surface area contributed by atoms with E-state index in [1.165, 1.54) is 62.6 Å². The molecule has 3 aromatic carbocycles. The second kappa shape index (κ2) is 25.4. The number of carbonyl (C=O) groups is 3. The van der Waals surface area contributed by atoms with Crippen molar-refractivity contribution in [3.8, 4) is 11.1 Å². The van der Waals surface area contributed by atoms with E-state index in [0.717, 1.165) is 24.7 Å². The van der Waals surface area contributed by atoms with Crippen LogP contribution in [0, 0.1) is 5.92 Å². The molecule has 1 unspecified atom stereocenters. The molecule has 1 amide bonds. The van der Waals surface area contributed by atoms with E-state index in [1.54, 1.807) is 6.92 Å². The average Bonchev–Trinajstić information content (AvgIpc) is 3.02. The third-order valence-corrected chi connectivity index (χ3v) is 6.19. The summed E-state index contributed by atoms with van der Waals surface area (Å²) in [5, 5.41) is 7.00. The van der Waals surface area contributed by atoms with Crippen molar-refractivity contribution >= 4 is 17.5 Å². The maximum atomic E-state index is 11.3. The lowest BCUT2D eigenvalue weighted by atomic mass is 10.00. The number of hydrogen-bond donors (Lipinski definition) is 2. The van der Waals surface area contributed by atoms with E-state index in [0.29, 0.717) is 0 Å². The van der Waals surface area contributed by atoms with E-state index in [2.05, 4.69) is 62.4 Å². The summed E-state index contributed by atoms with van der Waals surface area (Å²) in [6, 6.07) is 27.1. The molecule has 0 spiro atoms. The van der Waals surface area contributed by atoms with Gasteiger partial charge in [0.1, 0.15) is 5.78 Å². The quantitative estimate of drug-likeness (QED) is 0.147. The summed E-state index contributed by atoms with van der Waals surface area (Å²) in [7, 11) is 1.00. The summed E-state index contributed by atoms with van der Waals surface area (Å²) in [6.45, 7) is 12.8. The topological polar surface area (TPSA) is 97.5 Å². The summed E-state index contributed by atoms with van der Waals surface area (Å²) in [5.41, 5.74) is 10.7. The third kappa shape index (κ3) is 18.4. The molecule has 226 valence electrons. The number of aryl methyl sites for hydroxylation is 2. The molecule has 0 aliphatic rings. The molecule has 3 N–H and O–H groups in total. The molecule has 1 atom stereocenters. The van der Waals surface area contributed by atoms with Crippen LogP contribution in [-0.2, 0) is 22.4 Å². The molecule has 3 aromatic rings. The average molecular weight is 564 g/mol. The maximum absolute atomic E-state index is 11.3. The Morgan fingerprint density at radius 1 is 0.707 bits per heavy atom. The van der Waals surface area contributed by atoms with Crippen LogP contribution in [0.3, 0.4) is 0 Å². The van der Waals surface area contributed by atoms with Crippen LogP contribution in [-0.4, -0.2) is 29.7 Å². The number of benzene rings is 3. The standard InChI is InChI=1S/C20H24O.C8H10.C5H9NO2.C2H6.CH4O/c1-3-4-5-6-7-17-8-10-19(11-9-17)20-14-12-18(13-15-20)16(2)21;1-2-8-6-4-3-5-7-8;1-3(4(2)7)5(6)8;2*1-2/h8-15H,3-7H2,1-2H3;3-7H,2H2,1H3;3H,1-2H3,(H2,6,8);1-2H3;2H,1H3. The van der Waals surface area contributed by atoms with Gasteiger partial charge in [-0.25, -0.2) is 0 Å². The van der Waals surface area contributed by atoms with Crippen LogP contribution in [0.25, 0.3) is 11.1 Å². The van der Waals surface area contributed by atoms with Crippen LogP contribution in [0.15, 0.2) is 78.9 Å². The predicted octanol–water partition coefficient (Wildman–Crippen LogP) is 8.26. The Bertz CT molecular complexity index is 1060. The van der Waals surface area contributed by atoms with Crippen molar-refractivity contribution in [2.45, 2.75) is 87.0 Å². The predicted molar refractivity (Wildman–Crippen MR) is 174 cm³/mol. The Kier molecular flexibility index (Phi) is 24.5. The third-order valence-electron chi connectivity index (χ3n) is 6.19. The van der Waals surface area contributed by atoms with Gasteiger partial charge in [-0.1, -0.05) is 126 Å². The molecule has 0 saturated carbocycles. The van der Waals surface area contributed by atoms with Crippen LogP contribution in [0.5, 0.6) is 0 Å². The number of nitrogens with two attached hydrogens (primary N) is 1. The molecule has 0 heterocycles. The summed E-state index contributed by atoms with van der Waals surface area (Å²) in [5.74, 6) is -1.26. The zero-order valence-corrected chi connectivity index (χ0v) is 26.6. The zero-order valence-electron chi connectivity index (χ0n) is 26.6. The second-order valence-electron chi connectivity index (χ2n) is 9.21. The van der Waals surface area contributed by atoms with Gasteiger partial charge in [-0.3, -0.25) is 14.4 Å². The smallest absolute Gasteiger partial charge is 0.227 e.